The third kappa shape index (κ3) is 4.39. The van der Waals surface area contributed by atoms with Gasteiger partial charge in [0, 0.05) is 12.0 Å². The number of amides is 1. The molecule has 0 spiro atoms. The minimum atomic E-state index is -0.0962. The van der Waals surface area contributed by atoms with Crippen molar-refractivity contribution in [3.05, 3.63) is 23.8 Å². The van der Waals surface area contributed by atoms with Gasteiger partial charge >= 0.3 is 0 Å². The van der Waals surface area contributed by atoms with E-state index in [0.29, 0.717) is 12.3 Å². The van der Waals surface area contributed by atoms with Crippen LogP contribution in [0.3, 0.4) is 0 Å². The second-order valence-corrected chi connectivity index (χ2v) is 6.11. The van der Waals surface area contributed by atoms with Gasteiger partial charge in [-0.25, -0.2) is 0 Å². The fraction of sp³-hybridized carbons (Fsp3) is 0.611. The molecule has 122 valence electrons. The predicted molar refractivity (Wildman–Crippen MR) is 87.3 cm³/mol. The lowest BCUT2D eigenvalue weighted by Gasteiger charge is -2.23. The van der Waals surface area contributed by atoms with Crippen molar-refractivity contribution < 1.29 is 14.3 Å². The largest absolute Gasteiger partial charge is 0.497 e. The molecule has 1 unspecified atom stereocenters. The highest BCUT2D eigenvalue weighted by Gasteiger charge is 2.20. The SMILES string of the molecule is COc1ccc(OC)c(C(C)NC(=O)CC2CCCCC2)c1. The van der Waals surface area contributed by atoms with Crippen LogP contribution in [-0.2, 0) is 4.79 Å². The minimum absolute atomic E-state index is 0.0962. The predicted octanol–water partition coefficient (Wildman–Crippen LogP) is 3.85. The maximum atomic E-state index is 12.3. The highest BCUT2D eigenvalue weighted by Crippen LogP contribution is 2.30. The maximum absolute atomic E-state index is 12.3. The molecule has 1 aromatic carbocycles. The van der Waals surface area contributed by atoms with Crippen molar-refractivity contribution in [2.75, 3.05) is 14.2 Å². The fourth-order valence-electron chi connectivity index (χ4n) is 3.21. The second-order valence-electron chi connectivity index (χ2n) is 6.11. The number of benzene rings is 1. The Morgan fingerprint density at radius 3 is 2.59 bits per heavy atom. The number of nitrogens with one attached hydrogen (secondary N) is 1. The molecule has 0 heterocycles. The summed E-state index contributed by atoms with van der Waals surface area (Å²) in [5, 5.41) is 3.10. The Labute approximate surface area is 133 Å². The monoisotopic (exact) mass is 305 g/mol. The minimum Gasteiger partial charge on any atom is -0.497 e. The van der Waals surface area contributed by atoms with Crippen molar-refractivity contribution in [2.45, 2.75) is 51.5 Å². The van der Waals surface area contributed by atoms with Gasteiger partial charge in [0.15, 0.2) is 0 Å². The zero-order valence-electron chi connectivity index (χ0n) is 13.9. The lowest BCUT2D eigenvalue weighted by Crippen LogP contribution is -2.29. The van der Waals surface area contributed by atoms with E-state index in [4.69, 9.17) is 9.47 Å². The summed E-state index contributed by atoms with van der Waals surface area (Å²) in [7, 11) is 3.28. The summed E-state index contributed by atoms with van der Waals surface area (Å²) in [6, 6.07) is 5.56. The van der Waals surface area contributed by atoms with Crippen LogP contribution in [0.25, 0.3) is 0 Å². The van der Waals surface area contributed by atoms with Crippen molar-refractivity contribution >= 4 is 5.91 Å². The van der Waals surface area contributed by atoms with E-state index in [9.17, 15) is 4.79 Å². The first-order valence-corrected chi connectivity index (χ1v) is 8.15. The van der Waals surface area contributed by atoms with Crippen molar-refractivity contribution in [3.8, 4) is 11.5 Å². The van der Waals surface area contributed by atoms with E-state index in [0.717, 1.165) is 17.1 Å². The van der Waals surface area contributed by atoms with E-state index >= 15 is 0 Å². The lowest BCUT2D eigenvalue weighted by molar-refractivity contribution is -0.122. The van der Waals surface area contributed by atoms with Crippen LogP contribution < -0.4 is 14.8 Å². The summed E-state index contributed by atoms with van der Waals surface area (Å²) in [4.78, 5) is 12.3. The van der Waals surface area contributed by atoms with Gasteiger partial charge in [0.2, 0.25) is 5.91 Å². The van der Waals surface area contributed by atoms with Gasteiger partial charge in [-0.05, 0) is 43.9 Å². The third-order valence-electron chi connectivity index (χ3n) is 4.48. The van der Waals surface area contributed by atoms with Crippen molar-refractivity contribution in [3.63, 3.8) is 0 Å². The maximum Gasteiger partial charge on any atom is 0.220 e. The molecular formula is C18H27NO3. The molecule has 0 bridgehead atoms. The molecule has 1 saturated carbocycles. The van der Waals surface area contributed by atoms with Gasteiger partial charge in [-0.3, -0.25) is 4.79 Å². The fourth-order valence-corrected chi connectivity index (χ4v) is 3.21. The number of hydrogen-bond donors (Lipinski definition) is 1. The number of rotatable bonds is 6. The molecule has 2 rings (SSSR count). The summed E-state index contributed by atoms with van der Waals surface area (Å²) >= 11 is 0. The molecule has 4 nitrogen and oxygen atoms in total. The first kappa shape index (κ1) is 16.7. The zero-order valence-corrected chi connectivity index (χ0v) is 13.9. The van der Waals surface area contributed by atoms with E-state index < -0.39 is 0 Å². The molecule has 1 N–H and O–H groups in total. The van der Waals surface area contributed by atoms with Crippen LogP contribution in [0.4, 0.5) is 0 Å². The first-order valence-electron chi connectivity index (χ1n) is 8.15. The second kappa shape index (κ2) is 8.06. The third-order valence-corrected chi connectivity index (χ3v) is 4.48. The molecule has 1 fully saturated rings. The van der Waals surface area contributed by atoms with E-state index in [1.807, 2.05) is 25.1 Å². The molecule has 4 heteroatoms. The van der Waals surface area contributed by atoms with Crippen LogP contribution in [0, 0.1) is 5.92 Å². The van der Waals surface area contributed by atoms with Crippen LogP contribution in [0.5, 0.6) is 11.5 Å². The van der Waals surface area contributed by atoms with Crippen LogP contribution in [0.15, 0.2) is 18.2 Å². The van der Waals surface area contributed by atoms with E-state index in [-0.39, 0.29) is 11.9 Å². The number of ether oxygens (including phenoxy) is 2. The van der Waals surface area contributed by atoms with Crippen LogP contribution in [0.2, 0.25) is 0 Å². The molecule has 1 aliphatic rings. The summed E-state index contributed by atoms with van der Waals surface area (Å²) < 4.78 is 10.7. The van der Waals surface area contributed by atoms with Crippen LogP contribution in [0.1, 0.15) is 57.1 Å². The topological polar surface area (TPSA) is 47.6 Å². The molecule has 22 heavy (non-hydrogen) atoms. The van der Waals surface area contributed by atoms with Gasteiger partial charge in [-0.15, -0.1) is 0 Å². The van der Waals surface area contributed by atoms with Crippen molar-refractivity contribution in [2.24, 2.45) is 5.92 Å². The van der Waals surface area contributed by atoms with Crippen LogP contribution >= 0.6 is 0 Å². The average molecular weight is 305 g/mol. The Morgan fingerprint density at radius 1 is 1.23 bits per heavy atom. The first-order chi connectivity index (χ1) is 10.6. The number of carbonyl (C=O) groups is 1. The average Bonchev–Trinajstić information content (AvgIpc) is 2.54. The molecule has 0 aromatic heterocycles. The van der Waals surface area contributed by atoms with Gasteiger partial charge in [0.1, 0.15) is 11.5 Å². The molecule has 1 amide bonds. The molecule has 1 atom stereocenters. The molecule has 1 aliphatic carbocycles. The molecular weight excluding hydrogens is 278 g/mol. The summed E-state index contributed by atoms with van der Waals surface area (Å²) in [5.74, 6) is 2.22. The summed E-state index contributed by atoms with van der Waals surface area (Å²) in [6.07, 6.45) is 6.84. The Bertz CT molecular complexity index is 495. The quantitative estimate of drug-likeness (QED) is 0.868. The Balaban J connectivity index is 1.98. The standard InChI is InChI=1S/C18H27NO3/c1-13(16-12-15(21-2)9-10-17(16)22-3)19-18(20)11-14-7-5-4-6-8-14/h9-10,12-14H,4-8,11H2,1-3H3,(H,19,20). The smallest absolute Gasteiger partial charge is 0.220 e. The van der Waals surface area contributed by atoms with E-state index in [1.165, 1.54) is 32.1 Å². The number of methoxy groups -OCH3 is 2. The van der Waals surface area contributed by atoms with Gasteiger partial charge in [-0.1, -0.05) is 19.3 Å². The molecule has 0 aliphatic heterocycles. The van der Waals surface area contributed by atoms with Crippen molar-refractivity contribution in [1.29, 1.82) is 0 Å². The van der Waals surface area contributed by atoms with Gasteiger partial charge in [-0.2, -0.15) is 0 Å². The summed E-state index contributed by atoms with van der Waals surface area (Å²) in [5.41, 5.74) is 0.943. The zero-order chi connectivity index (χ0) is 15.9. The van der Waals surface area contributed by atoms with Gasteiger partial charge < -0.3 is 14.8 Å². The van der Waals surface area contributed by atoms with E-state index in [2.05, 4.69) is 5.32 Å². The molecule has 0 saturated heterocycles. The number of hydrogen-bond acceptors (Lipinski definition) is 3. The number of carbonyl (C=O) groups excluding carboxylic acids is 1. The van der Waals surface area contributed by atoms with Crippen LogP contribution in [-0.4, -0.2) is 20.1 Å². The van der Waals surface area contributed by atoms with Gasteiger partial charge in [0.05, 0.1) is 20.3 Å². The van der Waals surface area contributed by atoms with Crippen molar-refractivity contribution in [1.82, 2.24) is 5.32 Å². The van der Waals surface area contributed by atoms with E-state index in [1.54, 1.807) is 14.2 Å². The normalized spacial score (nSPS) is 16.9. The molecule has 1 aromatic rings. The highest BCUT2D eigenvalue weighted by molar-refractivity contribution is 5.76. The molecule has 0 radical (unpaired) electrons. The van der Waals surface area contributed by atoms with Gasteiger partial charge in [0.25, 0.3) is 0 Å². The Morgan fingerprint density at radius 2 is 1.95 bits per heavy atom. The lowest BCUT2D eigenvalue weighted by atomic mass is 9.87. The summed E-state index contributed by atoms with van der Waals surface area (Å²) in [6.45, 7) is 1.98. The Kier molecular flexibility index (Phi) is 6.10. The highest BCUT2D eigenvalue weighted by atomic mass is 16.5. The Hall–Kier alpha value is -1.71.